The van der Waals surface area contributed by atoms with Crippen molar-refractivity contribution in [2.24, 2.45) is 0 Å². The highest BCUT2D eigenvalue weighted by Gasteiger charge is 2.29. The number of carbonyl (C=O) groups excluding carboxylic acids is 1. The van der Waals surface area contributed by atoms with Gasteiger partial charge < -0.3 is 9.84 Å². The second-order valence-electron chi connectivity index (χ2n) is 4.88. The Morgan fingerprint density at radius 2 is 1.85 bits per heavy atom. The van der Waals surface area contributed by atoms with Gasteiger partial charge in [-0.05, 0) is 43.2 Å². The molecule has 0 spiro atoms. The number of aromatic hydroxyl groups is 1. The van der Waals surface area contributed by atoms with E-state index in [1.165, 1.54) is 6.07 Å². The molecular weight excluding hydrogens is 252 g/mol. The van der Waals surface area contributed by atoms with Crippen LogP contribution in [0.15, 0.2) is 42.2 Å². The van der Waals surface area contributed by atoms with Crippen LogP contribution in [0.25, 0.3) is 6.08 Å². The van der Waals surface area contributed by atoms with E-state index in [4.69, 9.17) is 4.74 Å². The molecule has 0 fully saturated rings. The Balaban J connectivity index is 2.07. The number of hydrogen-bond donors (Lipinski definition) is 1. The van der Waals surface area contributed by atoms with Gasteiger partial charge in [-0.3, -0.25) is 4.79 Å². The highest BCUT2D eigenvalue weighted by Crippen LogP contribution is 2.38. The Morgan fingerprint density at radius 3 is 2.60 bits per heavy atom. The first-order valence-corrected chi connectivity index (χ1v) is 6.40. The van der Waals surface area contributed by atoms with E-state index in [0.717, 1.165) is 11.1 Å². The first kappa shape index (κ1) is 12.5. The quantitative estimate of drug-likeness (QED) is 0.802. The van der Waals surface area contributed by atoms with E-state index in [1.54, 1.807) is 19.1 Å². The lowest BCUT2D eigenvalue weighted by atomic mass is 10.0. The molecule has 3 nitrogen and oxygen atoms in total. The molecule has 0 radical (unpaired) electrons. The summed E-state index contributed by atoms with van der Waals surface area (Å²) in [5, 5.41) is 9.68. The first-order chi connectivity index (χ1) is 9.58. The highest BCUT2D eigenvalue weighted by molar-refractivity contribution is 6.15. The van der Waals surface area contributed by atoms with Crippen molar-refractivity contribution < 1.29 is 14.6 Å². The number of ether oxygens (including phenoxy) is 1. The smallest absolute Gasteiger partial charge is 0.231 e. The number of allylic oxidation sites excluding steroid dienone is 1. The number of carbonyl (C=O) groups is 1. The van der Waals surface area contributed by atoms with Gasteiger partial charge in [-0.2, -0.15) is 0 Å². The fraction of sp³-hybridized carbons (Fsp3) is 0.118. The van der Waals surface area contributed by atoms with Gasteiger partial charge in [-0.25, -0.2) is 0 Å². The molecule has 3 heteroatoms. The van der Waals surface area contributed by atoms with Gasteiger partial charge in [-0.15, -0.1) is 0 Å². The predicted molar refractivity (Wildman–Crippen MR) is 77.0 cm³/mol. The van der Waals surface area contributed by atoms with Crippen molar-refractivity contribution in [1.82, 2.24) is 0 Å². The van der Waals surface area contributed by atoms with Crippen LogP contribution in [0.4, 0.5) is 0 Å². The van der Waals surface area contributed by atoms with Crippen molar-refractivity contribution in [2.45, 2.75) is 13.8 Å². The molecule has 2 aromatic rings. The van der Waals surface area contributed by atoms with Crippen molar-refractivity contribution in [1.29, 1.82) is 0 Å². The van der Waals surface area contributed by atoms with E-state index in [1.807, 2.05) is 31.2 Å². The van der Waals surface area contributed by atoms with Crippen molar-refractivity contribution in [3.63, 3.8) is 0 Å². The van der Waals surface area contributed by atoms with Crippen LogP contribution >= 0.6 is 0 Å². The minimum absolute atomic E-state index is 0.133. The fourth-order valence-corrected chi connectivity index (χ4v) is 2.27. The monoisotopic (exact) mass is 266 g/mol. The summed E-state index contributed by atoms with van der Waals surface area (Å²) in [6, 6.07) is 10.9. The molecule has 1 N–H and O–H groups in total. The van der Waals surface area contributed by atoms with Gasteiger partial charge in [-0.1, -0.05) is 24.3 Å². The van der Waals surface area contributed by atoms with Gasteiger partial charge in [0, 0.05) is 5.56 Å². The molecule has 20 heavy (non-hydrogen) atoms. The Hall–Kier alpha value is -2.55. The molecule has 3 rings (SSSR count). The van der Waals surface area contributed by atoms with Gasteiger partial charge in [0.25, 0.3) is 0 Å². The van der Waals surface area contributed by atoms with Crippen molar-refractivity contribution >= 4 is 11.9 Å². The predicted octanol–water partition coefficient (Wildman–Crippen LogP) is 3.63. The third-order valence-electron chi connectivity index (χ3n) is 3.53. The minimum Gasteiger partial charge on any atom is -0.508 e. The van der Waals surface area contributed by atoms with Crippen LogP contribution < -0.4 is 4.74 Å². The second-order valence-corrected chi connectivity index (χ2v) is 4.88. The maximum Gasteiger partial charge on any atom is 0.231 e. The molecule has 100 valence electrons. The molecule has 0 unspecified atom stereocenters. The zero-order chi connectivity index (χ0) is 14.3. The van der Waals surface area contributed by atoms with E-state index in [0.29, 0.717) is 22.6 Å². The van der Waals surface area contributed by atoms with Crippen LogP contribution in [0.3, 0.4) is 0 Å². The number of rotatable bonds is 1. The third-order valence-corrected chi connectivity index (χ3v) is 3.53. The standard InChI is InChI=1S/C17H14O3/c1-10-5-3-4-6-12(10)9-15-16(19)13-7-8-14(18)11(2)17(13)20-15/h3-9,18H,1-2H3/b15-9-. The SMILES string of the molecule is Cc1ccccc1/C=C1\Oc2c(ccc(O)c2C)C1=O. The zero-order valence-electron chi connectivity index (χ0n) is 11.3. The molecule has 0 aromatic heterocycles. The van der Waals surface area contributed by atoms with Crippen LogP contribution in [-0.4, -0.2) is 10.9 Å². The Bertz CT molecular complexity index is 742. The third kappa shape index (κ3) is 1.88. The number of hydrogen-bond acceptors (Lipinski definition) is 3. The van der Waals surface area contributed by atoms with Gasteiger partial charge in [0.1, 0.15) is 11.5 Å². The lowest BCUT2D eigenvalue weighted by molar-refractivity contribution is 0.101. The van der Waals surface area contributed by atoms with Crippen LogP contribution in [0.2, 0.25) is 0 Å². The molecule has 0 saturated heterocycles. The zero-order valence-corrected chi connectivity index (χ0v) is 11.3. The van der Waals surface area contributed by atoms with Crippen LogP contribution in [0, 0.1) is 13.8 Å². The Morgan fingerprint density at radius 1 is 1.10 bits per heavy atom. The number of aryl methyl sites for hydroxylation is 1. The van der Waals surface area contributed by atoms with Crippen molar-refractivity contribution in [3.8, 4) is 11.5 Å². The number of Topliss-reactive ketones (excluding diaryl/α,β-unsaturated/α-hetero) is 1. The Labute approximate surface area is 117 Å². The molecule has 1 heterocycles. The van der Waals surface area contributed by atoms with Gasteiger partial charge in [0.15, 0.2) is 5.76 Å². The summed E-state index contributed by atoms with van der Waals surface area (Å²) in [7, 11) is 0. The number of ketones is 1. The van der Waals surface area contributed by atoms with E-state index in [9.17, 15) is 9.90 Å². The van der Waals surface area contributed by atoms with Gasteiger partial charge in [0.05, 0.1) is 5.56 Å². The van der Waals surface area contributed by atoms with Crippen molar-refractivity contribution in [2.75, 3.05) is 0 Å². The highest BCUT2D eigenvalue weighted by atomic mass is 16.5. The maximum absolute atomic E-state index is 12.3. The maximum atomic E-state index is 12.3. The molecule has 0 bridgehead atoms. The number of benzene rings is 2. The lowest BCUT2D eigenvalue weighted by Crippen LogP contribution is -1.98. The average molecular weight is 266 g/mol. The topological polar surface area (TPSA) is 46.5 Å². The second kappa shape index (κ2) is 4.53. The molecule has 0 amide bonds. The first-order valence-electron chi connectivity index (χ1n) is 6.40. The molecule has 0 atom stereocenters. The normalized spacial score (nSPS) is 15.3. The van der Waals surface area contributed by atoms with E-state index < -0.39 is 0 Å². The summed E-state index contributed by atoms with van der Waals surface area (Å²) >= 11 is 0. The molecule has 1 aliphatic rings. The lowest BCUT2D eigenvalue weighted by Gasteiger charge is -2.04. The van der Waals surface area contributed by atoms with Crippen LogP contribution in [0.1, 0.15) is 27.0 Å². The summed E-state index contributed by atoms with van der Waals surface area (Å²) in [5.41, 5.74) is 3.11. The molecule has 2 aromatic carbocycles. The largest absolute Gasteiger partial charge is 0.508 e. The summed E-state index contributed by atoms with van der Waals surface area (Å²) < 4.78 is 5.64. The molecular formula is C17H14O3. The fourth-order valence-electron chi connectivity index (χ4n) is 2.27. The number of phenols is 1. The molecule has 0 saturated carbocycles. The van der Waals surface area contributed by atoms with E-state index >= 15 is 0 Å². The average Bonchev–Trinajstić information content (AvgIpc) is 2.75. The summed E-state index contributed by atoms with van der Waals surface area (Å²) in [6.07, 6.45) is 1.74. The van der Waals surface area contributed by atoms with Gasteiger partial charge in [0.2, 0.25) is 5.78 Å². The number of phenolic OH excluding ortho intramolecular Hbond substituents is 1. The van der Waals surface area contributed by atoms with E-state index in [2.05, 4.69) is 0 Å². The van der Waals surface area contributed by atoms with Crippen LogP contribution in [0.5, 0.6) is 11.5 Å². The van der Waals surface area contributed by atoms with Crippen molar-refractivity contribution in [3.05, 3.63) is 64.4 Å². The summed E-state index contributed by atoms with van der Waals surface area (Å²) in [4.78, 5) is 12.3. The van der Waals surface area contributed by atoms with Gasteiger partial charge >= 0.3 is 0 Å². The summed E-state index contributed by atoms with van der Waals surface area (Å²) in [6.45, 7) is 3.72. The molecule has 0 aliphatic carbocycles. The number of fused-ring (bicyclic) bond motifs is 1. The minimum atomic E-state index is -0.147. The Kier molecular flexibility index (Phi) is 2.83. The molecule has 1 aliphatic heterocycles. The van der Waals surface area contributed by atoms with Crippen LogP contribution in [-0.2, 0) is 0 Å². The van der Waals surface area contributed by atoms with E-state index in [-0.39, 0.29) is 11.5 Å². The summed E-state index contributed by atoms with van der Waals surface area (Å²) in [5.74, 6) is 0.734.